The van der Waals surface area contributed by atoms with Crippen LogP contribution in [0, 0.1) is 5.41 Å². The van der Waals surface area contributed by atoms with Gasteiger partial charge < -0.3 is 15.0 Å². The first-order valence-electron chi connectivity index (χ1n) is 7.44. The standard InChI is InChI=1S/C14H24N2O2S/c17-13(9-12-10-19-8-4-15-12)16-5-1-14(11-16)2-6-18-7-3-14/h12,15H,1-11H2. The van der Waals surface area contributed by atoms with Gasteiger partial charge in [-0.1, -0.05) is 0 Å². The number of hydrogen-bond acceptors (Lipinski definition) is 4. The van der Waals surface area contributed by atoms with Crippen LogP contribution in [-0.2, 0) is 9.53 Å². The molecule has 19 heavy (non-hydrogen) atoms. The summed E-state index contributed by atoms with van der Waals surface area (Å²) in [6, 6.07) is 0.387. The van der Waals surface area contributed by atoms with Crippen LogP contribution in [0.4, 0.5) is 0 Å². The molecule has 3 aliphatic rings. The molecule has 0 bridgehead atoms. The summed E-state index contributed by atoms with van der Waals surface area (Å²) < 4.78 is 5.46. The highest BCUT2D eigenvalue weighted by Crippen LogP contribution is 2.39. The highest BCUT2D eigenvalue weighted by atomic mass is 32.2. The monoisotopic (exact) mass is 284 g/mol. The smallest absolute Gasteiger partial charge is 0.224 e. The Balaban J connectivity index is 1.50. The second-order valence-corrected chi connectivity index (χ2v) is 7.26. The summed E-state index contributed by atoms with van der Waals surface area (Å²) in [5, 5.41) is 3.46. The molecule has 0 aliphatic carbocycles. The van der Waals surface area contributed by atoms with Crippen molar-refractivity contribution in [2.75, 3.05) is 44.4 Å². The molecule has 5 heteroatoms. The SMILES string of the molecule is O=C(CC1CSCCN1)N1CCC2(CCOCC2)C1. The number of carbonyl (C=O) groups is 1. The maximum absolute atomic E-state index is 12.4. The van der Waals surface area contributed by atoms with Crippen LogP contribution < -0.4 is 5.32 Å². The molecule has 0 aromatic rings. The van der Waals surface area contributed by atoms with E-state index in [9.17, 15) is 4.79 Å². The van der Waals surface area contributed by atoms with Crippen molar-refractivity contribution in [1.82, 2.24) is 10.2 Å². The van der Waals surface area contributed by atoms with E-state index in [1.165, 1.54) is 12.2 Å². The van der Waals surface area contributed by atoms with Crippen LogP contribution in [0.1, 0.15) is 25.7 Å². The topological polar surface area (TPSA) is 41.6 Å². The Bertz CT molecular complexity index is 325. The molecule has 3 fully saturated rings. The lowest BCUT2D eigenvalue weighted by Gasteiger charge is -2.33. The average Bonchev–Trinajstić information content (AvgIpc) is 2.85. The summed E-state index contributed by atoms with van der Waals surface area (Å²) in [6.07, 6.45) is 4.12. The molecule has 1 unspecified atom stereocenters. The zero-order chi connectivity index (χ0) is 13.1. The minimum atomic E-state index is 0.350. The van der Waals surface area contributed by atoms with E-state index in [0.717, 1.165) is 51.4 Å². The van der Waals surface area contributed by atoms with Crippen LogP contribution in [0.2, 0.25) is 0 Å². The zero-order valence-corrected chi connectivity index (χ0v) is 12.3. The van der Waals surface area contributed by atoms with Gasteiger partial charge in [-0.3, -0.25) is 4.79 Å². The van der Waals surface area contributed by atoms with Crippen LogP contribution in [0.5, 0.6) is 0 Å². The summed E-state index contributed by atoms with van der Waals surface area (Å²) in [4.78, 5) is 14.5. The van der Waals surface area contributed by atoms with Gasteiger partial charge in [-0.2, -0.15) is 11.8 Å². The molecule has 0 saturated carbocycles. The number of hydrogen-bond donors (Lipinski definition) is 1. The van der Waals surface area contributed by atoms with E-state index >= 15 is 0 Å². The third-order valence-electron chi connectivity index (χ3n) is 4.76. The van der Waals surface area contributed by atoms with Crippen molar-refractivity contribution in [2.45, 2.75) is 31.7 Å². The average molecular weight is 284 g/mol. The number of likely N-dealkylation sites (tertiary alicyclic amines) is 1. The van der Waals surface area contributed by atoms with Gasteiger partial charge in [-0.15, -0.1) is 0 Å². The summed E-state index contributed by atoms with van der Waals surface area (Å²) >= 11 is 1.96. The van der Waals surface area contributed by atoms with Crippen molar-refractivity contribution in [3.05, 3.63) is 0 Å². The summed E-state index contributed by atoms with van der Waals surface area (Å²) in [5.41, 5.74) is 0.378. The number of amides is 1. The van der Waals surface area contributed by atoms with E-state index in [-0.39, 0.29) is 0 Å². The molecule has 1 atom stereocenters. The molecule has 0 aromatic carbocycles. The van der Waals surface area contributed by atoms with E-state index in [1.807, 2.05) is 11.8 Å². The first-order valence-corrected chi connectivity index (χ1v) is 8.60. The Morgan fingerprint density at radius 2 is 2.21 bits per heavy atom. The Morgan fingerprint density at radius 3 is 2.95 bits per heavy atom. The van der Waals surface area contributed by atoms with Crippen LogP contribution in [0.15, 0.2) is 0 Å². The van der Waals surface area contributed by atoms with Gasteiger partial charge in [0.2, 0.25) is 5.91 Å². The maximum Gasteiger partial charge on any atom is 0.224 e. The minimum Gasteiger partial charge on any atom is -0.381 e. The summed E-state index contributed by atoms with van der Waals surface area (Å²) in [5.74, 6) is 2.61. The fourth-order valence-electron chi connectivity index (χ4n) is 3.45. The van der Waals surface area contributed by atoms with Crippen molar-refractivity contribution < 1.29 is 9.53 Å². The van der Waals surface area contributed by atoms with Gasteiger partial charge in [0.15, 0.2) is 0 Å². The van der Waals surface area contributed by atoms with E-state index in [0.29, 0.717) is 23.8 Å². The van der Waals surface area contributed by atoms with Crippen molar-refractivity contribution in [3.63, 3.8) is 0 Å². The van der Waals surface area contributed by atoms with Crippen molar-refractivity contribution in [1.29, 1.82) is 0 Å². The van der Waals surface area contributed by atoms with E-state index in [4.69, 9.17) is 4.74 Å². The van der Waals surface area contributed by atoms with Crippen LogP contribution in [-0.4, -0.2) is 61.2 Å². The van der Waals surface area contributed by atoms with Gasteiger partial charge >= 0.3 is 0 Å². The number of nitrogens with one attached hydrogen (secondary N) is 1. The molecule has 3 rings (SSSR count). The Hall–Kier alpha value is -0.260. The predicted molar refractivity (Wildman–Crippen MR) is 77.4 cm³/mol. The number of carbonyl (C=O) groups excluding carboxylic acids is 1. The third kappa shape index (κ3) is 3.26. The fourth-order valence-corrected chi connectivity index (χ4v) is 4.40. The quantitative estimate of drug-likeness (QED) is 0.825. The Labute approximate surface area is 119 Å². The Kier molecular flexibility index (Phi) is 4.34. The number of thioether (sulfide) groups is 1. The van der Waals surface area contributed by atoms with Crippen molar-refractivity contribution in [2.24, 2.45) is 5.41 Å². The molecule has 4 nitrogen and oxygen atoms in total. The maximum atomic E-state index is 12.4. The van der Waals surface area contributed by atoms with Gasteiger partial charge in [0.25, 0.3) is 0 Å². The molecule has 3 saturated heterocycles. The number of nitrogens with zero attached hydrogens (tertiary/aromatic N) is 1. The summed E-state index contributed by atoms with van der Waals surface area (Å²) in [7, 11) is 0. The van der Waals surface area contributed by atoms with E-state index in [1.54, 1.807) is 0 Å². The highest BCUT2D eigenvalue weighted by molar-refractivity contribution is 7.99. The van der Waals surface area contributed by atoms with Gasteiger partial charge in [0.1, 0.15) is 0 Å². The van der Waals surface area contributed by atoms with Crippen LogP contribution in [0.25, 0.3) is 0 Å². The largest absolute Gasteiger partial charge is 0.381 e. The molecular formula is C14H24N2O2S. The van der Waals surface area contributed by atoms with E-state index in [2.05, 4.69) is 10.2 Å². The Morgan fingerprint density at radius 1 is 1.37 bits per heavy atom. The molecular weight excluding hydrogens is 260 g/mol. The molecule has 108 valence electrons. The second-order valence-electron chi connectivity index (χ2n) is 6.11. The predicted octanol–water partition coefficient (Wildman–Crippen LogP) is 1.11. The highest BCUT2D eigenvalue weighted by Gasteiger charge is 2.41. The lowest BCUT2D eigenvalue weighted by molar-refractivity contribution is -0.131. The first kappa shape index (κ1) is 13.7. The lowest BCUT2D eigenvalue weighted by Crippen LogP contribution is -2.43. The molecule has 3 aliphatic heterocycles. The first-order chi connectivity index (χ1) is 9.27. The zero-order valence-electron chi connectivity index (χ0n) is 11.5. The van der Waals surface area contributed by atoms with Gasteiger partial charge in [-0.25, -0.2) is 0 Å². The molecule has 1 spiro atoms. The molecule has 1 amide bonds. The van der Waals surface area contributed by atoms with Gasteiger partial charge in [-0.05, 0) is 24.7 Å². The van der Waals surface area contributed by atoms with Crippen LogP contribution >= 0.6 is 11.8 Å². The fraction of sp³-hybridized carbons (Fsp3) is 0.929. The lowest BCUT2D eigenvalue weighted by atomic mass is 9.80. The second kappa shape index (κ2) is 6.02. The number of ether oxygens (including phenoxy) is 1. The molecule has 1 N–H and O–H groups in total. The van der Waals surface area contributed by atoms with Crippen molar-refractivity contribution >= 4 is 17.7 Å². The van der Waals surface area contributed by atoms with Crippen molar-refractivity contribution in [3.8, 4) is 0 Å². The third-order valence-corrected chi connectivity index (χ3v) is 5.89. The molecule has 0 radical (unpaired) electrons. The van der Waals surface area contributed by atoms with Gasteiger partial charge in [0, 0.05) is 56.8 Å². The minimum absolute atomic E-state index is 0.350. The van der Waals surface area contributed by atoms with E-state index < -0.39 is 0 Å². The van der Waals surface area contributed by atoms with Crippen LogP contribution in [0.3, 0.4) is 0 Å². The molecule has 3 heterocycles. The summed E-state index contributed by atoms with van der Waals surface area (Å²) in [6.45, 7) is 4.73. The normalized spacial score (nSPS) is 30.7. The molecule has 0 aromatic heterocycles. The van der Waals surface area contributed by atoms with Gasteiger partial charge in [0.05, 0.1) is 0 Å². The number of rotatable bonds is 2.